The summed E-state index contributed by atoms with van der Waals surface area (Å²) in [4.78, 5) is 12.6. The molecule has 1 aromatic rings. The summed E-state index contributed by atoms with van der Waals surface area (Å²) in [6.45, 7) is 12.1. The lowest BCUT2D eigenvalue weighted by Crippen LogP contribution is -2.36. The summed E-state index contributed by atoms with van der Waals surface area (Å²) in [6, 6.07) is 5.61. The Kier molecular flexibility index (Phi) is 13.5. The van der Waals surface area contributed by atoms with E-state index in [2.05, 4.69) is 59.0 Å². The maximum atomic E-state index is 12.6. The molecule has 0 aliphatic carbocycles. The molecule has 1 amide bonds. The number of carbonyl (C=O) groups excluding carboxylic acids is 1. The van der Waals surface area contributed by atoms with Gasteiger partial charge in [0.1, 0.15) is 8.07 Å². The standard InChI is InChI=1S/C22H34INO5Si/c1-18(17-29-12-11-28-10-9-27-8-7-26-2)24-22(25)20-14-19(15-21(23)16-20)6-13-30(3,4)5/h14-16,18H,7-12,17H2,1-5H3,(H,24,25)/t18-/m1/s1. The van der Waals surface area contributed by atoms with Crippen LogP contribution in [0.25, 0.3) is 0 Å². The van der Waals surface area contributed by atoms with Crippen LogP contribution in [0.1, 0.15) is 22.8 Å². The molecular formula is C22H34INO5Si. The average molecular weight is 548 g/mol. The first-order chi connectivity index (χ1) is 14.2. The molecule has 0 aromatic heterocycles. The van der Waals surface area contributed by atoms with Crippen LogP contribution in [0.3, 0.4) is 0 Å². The smallest absolute Gasteiger partial charge is 0.251 e. The van der Waals surface area contributed by atoms with Gasteiger partial charge in [-0.05, 0) is 47.7 Å². The maximum absolute atomic E-state index is 12.6. The highest BCUT2D eigenvalue weighted by Gasteiger charge is 2.12. The van der Waals surface area contributed by atoms with Crippen molar-refractivity contribution in [2.45, 2.75) is 32.6 Å². The number of hydrogen-bond acceptors (Lipinski definition) is 5. The summed E-state index contributed by atoms with van der Waals surface area (Å²) in [7, 11) is 0.175. The van der Waals surface area contributed by atoms with E-state index in [1.54, 1.807) is 7.11 Å². The quantitative estimate of drug-likeness (QED) is 0.178. The van der Waals surface area contributed by atoms with Gasteiger partial charge in [0, 0.05) is 27.8 Å². The summed E-state index contributed by atoms with van der Waals surface area (Å²) >= 11 is 2.22. The molecule has 0 spiro atoms. The second-order valence-electron chi connectivity index (χ2n) is 7.90. The summed E-state index contributed by atoms with van der Waals surface area (Å²) in [5.41, 5.74) is 4.84. The Labute approximate surface area is 195 Å². The summed E-state index contributed by atoms with van der Waals surface area (Å²) in [5.74, 6) is 3.10. The van der Waals surface area contributed by atoms with Crippen molar-refractivity contribution in [3.8, 4) is 11.5 Å². The number of ether oxygens (including phenoxy) is 4. The molecule has 1 rings (SSSR count). The fourth-order valence-corrected chi connectivity index (χ4v) is 3.43. The van der Waals surface area contributed by atoms with Gasteiger partial charge in [0.15, 0.2) is 0 Å². The Bertz CT molecular complexity index is 712. The molecule has 168 valence electrons. The van der Waals surface area contributed by atoms with Crippen LogP contribution in [0, 0.1) is 15.0 Å². The third kappa shape index (κ3) is 13.4. The Morgan fingerprint density at radius 1 is 1.03 bits per heavy atom. The zero-order valence-corrected chi connectivity index (χ0v) is 21.8. The molecule has 1 aromatic carbocycles. The lowest BCUT2D eigenvalue weighted by Gasteiger charge is -2.15. The molecule has 0 saturated carbocycles. The van der Waals surface area contributed by atoms with Gasteiger partial charge >= 0.3 is 0 Å². The van der Waals surface area contributed by atoms with Gasteiger partial charge in [0.05, 0.1) is 46.2 Å². The number of amides is 1. The second-order valence-corrected chi connectivity index (χ2v) is 13.9. The van der Waals surface area contributed by atoms with E-state index < -0.39 is 8.07 Å². The van der Waals surface area contributed by atoms with Gasteiger partial charge < -0.3 is 24.3 Å². The Balaban J connectivity index is 2.34. The van der Waals surface area contributed by atoms with Gasteiger partial charge in [-0.1, -0.05) is 25.6 Å². The van der Waals surface area contributed by atoms with Gasteiger partial charge in [0.2, 0.25) is 0 Å². The number of rotatable bonds is 13. The van der Waals surface area contributed by atoms with E-state index >= 15 is 0 Å². The summed E-state index contributed by atoms with van der Waals surface area (Å²) in [5, 5.41) is 2.97. The van der Waals surface area contributed by atoms with Gasteiger partial charge in [0.25, 0.3) is 5.91 Å². The van der Waals surface area contributed by atoms with Crippen LogP contribution in [0.15, 0.2) is 18.2 Å². The minimum Gasteiger partial charge on any atom is -0.382 e. The normalized spacial score (nSPS) is 12.2. The van der Waals surface area contributed by atoms with Crippen molar-refractivity contribution in [2.75, 3.05) is 53.4 Å². The van der Waals surface area contributed by atoms with Crippen molar-refractivity contribution in [2.24, 2.45) is 0 Å². The van der Waals surface area contributed by atoms with Crippen LogP contribution in [0.2, 0.25) is 19.6 Å². The largest absolute Gasteiger partial charge is 0.382 e. The van der Waals surface area contributed by atoms with Crippen LogP contribution >= 0.6 is 22.6 Å². The Morgan fingerprint density at radius 3 is 2.23 bits per heavy atom. The summed E-state index contributed by atoms with van der Waals surface area (Å²) < 4.78 is 22.2. The first-order valence-corrected chi connectivity index (χ1v) is 14.7. The van der Waals surface area contributed by atoms with Crippen LogP contribution in [0.5, 0.6) is 0 Å². The molecule has 0 bridgehead atoms. The molecule has 1 atom stereocenters. The van der Waals surface area contributed by atoms with Crippen LogP contribution < -0.4 is 5.32 Å². The van der Waals surface area contributed by atoms with E-state index in [0.29, 0.717) is 51.8 Å². The fourth-order valence-electron chi connectivity index (χ4n) is 2.24. The number of hydrogen-bond donors (Lipinski definition) is 1. The molecule has 30 heavy (non-hydrogen) atoms. The predicted molar refractivity (Wildman–Crippen MR) is 131 cm³/mol. The van der Waals surface area contributed by atoms with Crippen molar-refractivity contribution in [3.05, 3.63) is 32.9 Å². The molecule has 0 radical (unpaired) electrons. The number of nitrogens with one attached hydrogen (secondary N) is 1. The zero-order valence-electron chi connectivity index (χ0n) is 18.7. The number of carbonyl (C=O) groups is 1. The summed E-state index contributed by atoms with van der Waals surface area (Å²) in [6.07, 6.45) is 0. The van der Waals surface area contributed by atoms with Gasteiger partial charge in [-0.25, -0.2) is 0 Å². The number of benzene rings is 1. The highest BCUT2D eigenvalue weighted by Crippen LogP contribution is 2.13. The second kappa shape index (κ2) is 14.9. The maximum Gasteiger partial charge on any atom is 0.251 e. The SMILES string of the molecule is COCCOCCOCCOC[C@@H](C)NC(=O)c1cc(I)cc(C#C[Si](C)(C)C)c1. The van der Waals surface area contributed by atoms with Gasteiger partial charge in [-0.2, -0.15) is 0 Å². The molecule has 1 N–H and O–H groups in total. The van der Waals surface area contributed by atoms with Crippen LogP contribution in [-0.2, 0) is 18.9 Å². The average Bonchev–Trinajstić information content (AvgIpc) is 2.67. The number of halogens is 1. The third-order valence-electron chi connectivity index (χ3n) is 3.66. The molecule has 0 heterocycles. The molecule has 0 unspecified atom stereocenters. The highest BCUT2D eigenvalue weighted by atomic mass is 127. The van der Waals surface area contributed by atoms with E-state index in [1.165, 1.54) is 0 Å². The fraction of sp³-hybridized carbons (Fsp3) is 0.591. The Hall–Kier alpha value is -0.963. The van der Waals surface area contributed by atoms with Crippen molar-refractivity contribution < 1.29 is 23.7 Å². The first-order valence-electron chi connectivity index (χ1n) is 10.1. The molecule has 0 fully saturated rings. The van der Waals surface area contributed by atoms with Crippen molar-refractivity contribution in [1.82, 2.24) is 5.32 Å². The van der Waals surface area contributed by atoms with Crippen molar-refractivity contribution in [1.29, 1.82) is 0 Å². The van der Waals surface area contributed by atoms with Gasteiger partial charge in [-0.15, -0.1) is 5.54 Å². The molecular weight excluding hydrogens is 513 g/mol. The lowest BCUT2D eigenvalue weighted by atomic mass is 10.1. The monoisotopic (exact) mass is 547 g/mol. The molecule has 0 saturated heterocycles. The van der Waals surface area contributed by atoms with E-state index in [1.807, 2.05) is 25.1 Å². The minimum atomic E-state index is -1.47. The molecule has 6 nitrogen and oxygen atoms in total. The Morgan fingerprint density at radius 2 is 1.63 bits per heavy atom. The molecule has 8 heteroatoms. The van der Waals surface area contributed by atoms with Crippen molar-refractivity contribution >= 4 is 36.6 Å². The molecule has 0 aliphatic heterocycles. The lowest BCUT2D eigenvalue weighted by molar-refractivity contribution is 0.00150. The topological polar surface area (TPSA) is 66.0 Å². The third-order valence-corrected chi connectivity index (χ3v) is 5.16. The van der Waals surface area contributed by atoms with Crippen LogP contribution in [0.4, 0.5) is 0 Å². The highest BCUT2D eigenvalue weighted by molar-refractivity contribution is 14.1. The zero-order chi connectivity index (χ0) is 22.4. The van der Waals surface area contributed by atoms with E-state index in [0.717, 1.165) is 9.13 Å². The van der Waals surface area contributed by atoms with E-state index in [4.69, 9.17) is 18.9 Å². The number of methoxy groups -OCH3 is 1. The predicted octanol–water partition coefficient (Wildman–Crippen LogP) is 3.33. The van der Waals surface area contributed by atoms with Crippen LogP contribution in [-0.4, -0.2) is 73.4 Å². The van der Waals surface area contributed by atoms with Crippen molar-refractivity contribution in [3.63, 3.8) is 0 Å². The van der Waals surface area contributed by atoms with Gasteiger partial charge in [-0.3, -0.25) is 4.79 Å². The molecule has 0 aliphatic rings. The minimum absolute atomic E-state index is 0.107. The first kappa shape index (κ1) is 27.1. The van der Waals surface area contributed by atoms with E-state index in [9.17, 15) is 4.79 Å². The van der Waals surface area contributed by atoms with E-state index in [-0.39, 0.29) is 11.9 Å².